The molecular weight excluding hydrogens is 244 g/mol. The monoisotopic (exact) mass is 264 g/mol. The fraction of sp³-hybridized carbons (Fsp3) is 0.615. The molecule has 1 aliphatic rings. The summed E-state index contributed by atoms with van der Waals surface area (Å²) in [4.78, 5) is 23.7. The molecule has 0 unspecified atom stereocenters. The maximum atomic E-state index is 10.5. The maximum absolute atomic E-state index is 10.5. The summed E-state index contributed by atoms with van der Waals surface area (Å²) >= 11 is 0. The van der Waals surface area contributed by atoms with Crippen molar-refractivity contribution in [3.05, 3.63) is 17.6 Å². The fourth-order valence-electron chi connectivity index (χ4n) is 2.31. The number of nitrogens with zero attached hydrogens (tertiary/aromatic N) is 4. The normalized spacial score (nSPS) is 16.6. The zero-order valence-corrected chi connectivity index (χ0v) is 11.5. The van der Waals surface area contributed by atoms with E-state index in [1.165, 1.54) is 0 Å². The standard InChI is InChI=1S/C13H20N4O2/c1-10-9-12(15-11(2)14-10)17-7-5-16(6-8-17)4-3-13(18)19/h9H,3-8H2,1-2H3,(H,18,19). The summed E-state index contributed by atoms with van der Waals surface area (Å²) < 4.78 is 0. The van der Waals surface area contributed by atoms with E-state index in [1.54, 1.807) is 0 Å². The Kier molecular flexibility index (Phi) is 4.31. The van der Waals surface area contributed by atoms with Crippen LogP contribution < -0.4 is 4.90 Å². The minimum Gasteiger partial charge on any atom is -0.481 e. The molecule has 0 bridgehead atoms. The van der Waals surface area contributed by atoms with Gasteiger partial charge in [-0.3, -0.25) is 9.69 Å². The van der Waals surface area contributed by atoms with Crippen LogP contribution in [-0.2, 0) is 4.79 Å². The molecule has 2 rings (SSSR count). The first-order valence-corrected chi connectivity index (χ1v) is 6.56. The molecule has 0 atom stereocenters. The third-order valence-electron chi connectivity index (χ3n) is 3.29. The summed E-state index contributed by atoms with van der Waals surface area (Å²) in [6.45, 7) is 8.04. The largest absolute Gasteiger partial charge is 0.481 e. The van der Waals surface area contributed by atoms with E-state index in [2.05, 4.69) is 19.8 Å². The lowest BCUT2D eigenvalue weighted by Crippen LogP contribution is -2.47. The van der Waals surface area contributed by atoms with E-state index in [0.717, 1.165) is 43.5 Å². The van der Waals surface area contributed by atoms with Crippen LogP contribution in [0.2, 0.25) is 0 Å². The third-order valence-corrected chi connectivity index (χ3v) is 3.29. The molecule has 0 aromatic carbocycles. The average Bonchev–Trinajstić information content (AvgIpc) is 2.36. The van der Waals surface area contributed by atoms with E-state index in [-0.39, 0.29) is 6.42 Å². The number of carboxylic acid groups (broad SMARTS) is 1. The molecular formula is C13H20N4O2. The summed E-state index contributed by atoms with van der Waals surface area (Å²) in [7, 11) is 0. The zero-order chi connectivity index (χ0) is 13.8. The Balaban J connectivity index is 1.90. The van der Waals surface area contributed by atoms with Crippen molar-refractivity contribution >= 4 is 11.8 Å². The van der Waals surface area contributed by atoms with Crippen LogP contribution in [0.5, 0.6) is 0 Å². The highest BCUT2D eigenvalue weighted by atomic mass is 16.4. The second-order valence-electron chi connectivity index (χ2n) is 4.89. The number of rotatable bonds is 4. The molecule has 1 saturated heterocycles. The third kappa shape index (κ3) is 3.89. The highest BCUT2D eigenvalue weighted by Gasteiger charge is 2.18. The van der Waals surface area contributed by atoms with Gasteiger partial charge in [-0.1, -0.05) is 0 Å². The number of aryl methyl sites for hydroxylation is 2. The van der Waals surface area contributed by atoms with Crippen molar-refractivity contribution in [2.45, 2.75) is 20.3 Å². The van der Waals surface area contributed by atoms with Gasteiger partial charge in [0.25, 0.3) is 0 Å². The average molecular weight is 264 g/mol. The maximum Gasteiger partial charge on any atom is 0.304 e. The molecule has 1 N–H and O–H groups in total. The van der Waals surface area contributed by atoms with Crippen molar-refractivity contribution in [3.8, 4) is 0 Å². The predicted molar refractivity (Wildman–Crippen MR) is 72.4 cm³/mol. The second kappa shape index (κ2) is 5.97. The lowest BCUT2D eigenvalue weighted by molar-refractivity contribution is -0.137. The minimum atomic E-state index is -0.732. The summed E-state index contributed by atoms with van der Waals surface area (Å²) in [6, 6.07) is 2.00. The molecule has 0 aliphatic carbocycles. The van der Waals surface area contributed by atoms with Crippen molar-refractivity contribution in [1.29, 1.82) is 0 Å². The predicted octanol–water partition coefficient (Wildman–Crippen LogP) is 0.690. The molecule has 0 saturated carbocycles. The molecule has 2 heterocycles. The van der Waals surface area contributed by atoms with Crippen LogP contribution in [0.1, 0.15) is 17.9 Å². The summed E-state index contributed by atoms with van der Waals surface area (Å²) in [5.74, 6) is 1.04. The van der Waals surface area contributed by atoms with E-state index >= 15 is 0 Å². The van der Waals surface area contributed by atoms with Gasteiger partial charge in [-0.05, 0) is 13.8 Å². The second-order valence-corrected chi connectivity index (χ2v) is 4.89. The van der Waals surface area contributed by atoms with E-state index in [1.807, 2.05) is 19.9 Å². The van der Waals surface area contributed by atoms with Gasteiger partial charge in [0, 0.05) is 44.5 Å². The Morgan fingerprint density at radius 1 is 1.26 bits per heavy atom. The van der Waals surface area contributed by atoms with Crippen LogP contribution >= 0.6 is 0 Å². The molecule has 104 valence electrons. The molecule has 0 spiro atoms. The van der Waals surface area contributed by atoms with E-state index < -0.39 is 5.97 Å². The first-order chi connectivity index (χ1) is 9.04. The highest BCUT2D eigenvalue weighted by molar-refractivity contribution is 5.66. The number of aromatic nitrogens is 2. The minimum absolute atomic E-state index is 0.214. The number of carboxylic acids is 1. The van der Waals surface area contributed by atoms with Gasteiger partial charge in [0.05, 0.1) is 6.42 Å². The van der Waals surface area contributed by atoms with Gasteiger partial charge in [0.1, 0.15) is 11.6 Å². The molecule has 6 heteroatoms. The SMILES string of the molecule is Cc1cc(N2CCN(CCC(=O)O)CC2)nc(C)n1. The molecule has 1 fully saturated rings. The number of aliphatic carboxylic acids is 1. The number of anilines is 1. The molecule has 1 aromatic heterocycles. The van der Waals surface area contributed by atoms with Crippen molar-refractivity contribution in [2.75, 3.05) is 37.6 Å². The Morgan fingerprint density at radius 2 is 1.95 bits per heavy atom. The molecule has 19 heavy (non-hydrogen) atoms. The van der Waals surface area contributed by atoms with E-state index in [9.17, 15) is 4.79 Å². The van der Waals surface area contributed by atoms with Crippen molar-refractivity contribution in [2.24, 2.45) is 0 Å². The molecule has 6 nitrogen and oxygen atoms in total. The number of carbonyl (C=O) groups is 1. The topological polar surface area (TPSA) is 69.6 Å². The number of hydrogen-bond acceptors (Lipinski definition) is 5. The van der Waals surface area contributed by atoms with Crippen LogP contribution in [0.3, 0.4) is 0 Å². The lowest BCUT2D eigenvalue weighted by atomic mass is 10.2. The zero-order valence-electron chi connectivity index (χ0n) is 11.5. The van der Waals surface area contributed by atoms with Crippen LogP contribution in [0.4, 0.5) is 5.82 Å². The van der Waals surface area contributed by atoms with Crippen LogP contribution in [0.15, 0.2) is 6.07 Å². The van der Waals surface area contributed by atoms with Crippen molar-refractivity contribution < 1.29 is 9.90 Å². The number of piperazine rings is 1. The summed E-state index contributed by atoms with van der Waals surface area (Å²) in [5.41, 5.74) is 0.982. The quantitative estimate of drug-likeness (QED) is 0.863. The molecule has 1 aromatic rings. The Hall–Kier alpha value is -1.69. The Morgan fingerprint density at radius 3 is 2.53 bits per heavy atom. The lowest BCUT2D eigenvalue weighted by Gasteiger charge is -2.35. The first kappa shape index (κ1) is 13.7. The fourth-order valence-corrected chi connectivity index (χ4v) is 2.31. The van der Waals surface area contributed by atoms with Crippen LogP contribution in [-0.4, -0.2) is 58.7 Å². The van der Waals surface area contributed by atoms with Gasteiger partial charge in [0.2, 0.25) is 0 Å². The van der Waals surface area contributed by atoms with E-state index in [4.69, 9.17) is 5.11 Å². The highest BCUT2D eigenvalue weighted by Crippen LogP contribution is 2.14. The Bertz CT molecular complexity index is 436. The summed E-state index contributed by atoms with van der Waals surface area (Å²) in [6.07, 6.45) is 0.214. The first-order valence-electron chi connectivity index (χ1n) is 6.56. The number of hydrogen-bond donors (Lipinski definition) is 1. The van der Waals surface area contributed by atoms with Gasteiger partial charge in [-0.25, -0.2) is 9.97 Å². The van der Waals surface area contributed by atoms with Crippen LogP contribution in [0, 0.1) is 13.8 Å². The van der Waals surface area contributed by atoms with Gasteiger partial charge >= 0.3 is 5.97 Å². The van der Waals surface area contributed by atoms with Crippen LogP contribution in [0.25, 0.3) is 0 Å². The van der Waals surface area contributed by atoms with Gasteiger partial charge in [-0.2, -0.15) is 0 Å². The van der Waals surface area contributed by atoms with Gasteiger partial charge < -0.3 is 10.0 Å². The smallest absolute Gasteiger partial charge is 0.304 e. The van der Waals surface area contributed by atoms with Crippen molar-refractivity contribution in [1.82, 2.24) is 14.9 Å². The van der Waals surface area contributed by atoms with Gasteiger partial charge in [0.15, 0.2) is 0 Å². The molecule has 0 radical (unpaired) electrons. The summed E-state index contributed by atoms with van der Waals surface area (Å²) in [5, 5.41) is 8.68. The van der Waals surface area contributed by atoms with Crippen molar-refractivity contribution in [3.63, 3.8) is 0 Å². The molecule has 0 amide bonds. The Labute approximate surface area is 113 Å². The van der Waals surface area contributed by atoms with E-state index in [0.29, 0.717) is 6.54 Å². The van der Waals surface area contributed by atoms with Gasteiger partial charge in [-0.15, -0.1) is 0 Å². The molecule has 1 aliphatic heterocycles.